The van der Waals surface area contributed by atoms with E-state index < -0.39 is 0 Å². The Bertz CT molecular complexity index is 754. The molecule has 8 atom stereocenters. The molecule has 0 amide bonds. The van der Waals surface area contributed by atoms with E-state index in [2.05, 4.69) is 13.8 Å². The molecule has 3 heteroatoms. The Hall–Kier alpha value is -1.12. The number of nitrogens with zero attached hydrogens (tertiary/aromatic N) is 1. The molecular formula is C28H44N2O. The average Bonchev–Trinajstić information content (AvgIpc) is 3.14. The molecule has 0 spiro atoms. The molecule has 5 fully saturated rings. The van der Waals surface area contributed by atoms with Crippen LogP contribution in [0.5, 0.6) is 0 Å². The third-order valence-electron chi connectivity index (χ3n) is 10.7. The highest BCUT2D eigenvalue weighted by atomic mass is 16.1. The summed E-state index contributed by atoms with van der Waals surface area (Å²) in [5.74, 6) is 6.22. The number of aliphatic imine (C=N–C) groups is 1. The number of rotatable bonds is 3. The van der Waals surface area contributed by atoms with Crippen molar-refractivity contribution in [3.8, 4) is 0 Å². The van der Waals surface area contributed by atoms with Gasteiger partial charge in [-0.3, -0.25) is 9.79 Å². The first-order valence-electron chi connectivity index (χ1n) is 13.5. The van der Waals surface area contributed by atoms with Crippen LogP contribution in [0.2, 0.25) is 0 Å². The van der Waals surface area contributed by atoms with Crippen molar-refractivity contribution in [1.29, 1.82) is 0 Å². The lowest BCUT2D eigenvalue weighted by atomic mass is 9.49. The second-order valence-electron chi connectivity index (χ2n) is 12.2. The maximum atomic E-state index is 13.4. The highest BCUT2D eigenvalue weighted by Crippen LogP contribution is 2.64. The molecule has 5 aliphatic carbocycles. The van der Waals surface area contributed by atoms with Crippen LogP contribution in [0.4, 0.5) is 0 Å². The summed E-state index contributed by atoms with van der Waals surface area (Å²) in [6.07, 6.45) is 18.5. The van der Waals surface area contributed by atoms with E-state index in [0.717, 1.165) is 60.5 Å². The maximum Gasteiger partial charge on any atom is 0.157 e. The Morgan fingerprint density at radius 1 is 1.03 bits per heavy atom. The Labute approximate surface area is 189 Å². The van der Waals surface area contributed by atoms with Crippen molar-refractivity contribution in [2.45, 2.75) is 97.3 Å². The lowest BCUT2D eigenvalue weighted by molar-refractivity contribution is -0.129. The molecule has 0 aromatic heterocycles. The molecular weight excluding hydrogens is 380 g/mol. The zero-order valence-electron chi connectivity index (χ0n) is 20.0. The van der Waals surface area contributed by atoms with E-state index in [4.69, 9.17) is 10.7 Å². The first-order chi connectivity index (χ1) is 15.0. The van der Waals surface area contributed by atoms with Crippen LogP contribution in [0.25, 0.3) is 0 Å². The Balaban J connectivity index is 1.28. The van der Waals surface area contributed by atoms with Crippen LogP contribution >= 0.6 is 0 Å². The van der Waals surface area contributed by atoms with Crippen LogP contribution in [0.3, 0.4) is 0 Å². The Morgan fingerprint density at radius 2 is 1.84 bits per heavy atom. The zero-order valence-corrected chi connectivity index (χ0v) is 20.0. The predicted molar refractivity (Wildman–Crippen MR) is 128 cm³/mol. The van der Waals surface area contributed by atoms with Crippen LogP contribution in [0, 0.1) is 46.8 Å². The molecule has 0 aromatic carbocycles. The van der Waals surface area contributed by atoms with E-state index >= 15 is 0 Å². The quantitative estimate of drug-likeness (QED) is 0.576. The summed E-state index contributed by atoms with van der Waals surface area (Å²) < 4.78 is 0. The van der Waals surface area contributed by atoms with Crippen LogP contribution in [-0.4, -0.2) is 18.0 Å². The van der Waals surface area contributed by atoms with Crippen molar-refractivity contribution >= 4 is 11.5 Å². The van der Waals surface area contributed by atoms with Gasteiger partial charge in [-0.05, 0) is 130 Å². The van der Waals surface area contributed by atoms with Crippen LogP contribution in [-0.2, 0) is 4.79 Å². The number of ketones is 1. The lowest BCUT2D eigenvalue weighted by Crippen LogP contribution is -2.49. The van der Waals surface area contributed by atoms with E-state index in [-0.39, 0.29) is 11.3 Å². The molecule has 0 aromatic rings. The van der Waals surface area contributed by atoms with Gasteiger partial charge in [-0.25, -0.2) is 0 Å². The summed E-state index contributed by atoms with van der Waals surface area (Å²) in [6.45, 7) is 5.34. The van der Waals surface area contributed by atoms with Gasteiger partial charge < -0.3 is 5.73 Å². The number of hydrogen-bond acceptors (Lipinski definition) is 3. The summed E-state index contributed by atoms with van der Waals surface area (Å²) in [5.41, 5.74) is 8.33. The van der Waals surface area contributed by atoms with E-state index in [1.807, 2.05) is 0 Å². The molecule has 5 aliphatic rings. The molecule has 8 unspecified atom stereocenters. The second kappa shape index (κ2) is 8.67. The number of Topliss-reactive ketones (excluding diaryl/α,β-unsaturated/α-hetero) is 1. The predicted octanol–water partition coefficient (Wildman–Crippen LogP) is 6.32. The first kappa shape index (κ1) is 21.7. The van der Waals surface area contributed by atoms with E-state index in [0.29, 0.717) is 12.3 Å². The van der Waals surface area contributed by atoms with Gasteiger partial charge in [0.15, 0.2) is 5.78 Å². The smallest absolute Gasteiger partial charge is 0.157 e. The average molecular weight is 425 g/mol. The molecule has 5 rings (SSSR count). The van der Waals surface area contributed by atoms with Crippen molar-refractivity contribution < 1.29 is 4.79 Å². The number of carbonyl (C=O) groups excluding carboxylic acids is 1. The molecule has 31 heavy (non-hydrogen) atoms. The normalized spacial score (nSPS) is 47.6. The second-order valence-corrected chi connectivity index (χ2v) is 12.2. The zero-order chi connectivity index (χ0) is 21.6. The highest BCUT2D eigenvalue weighted by molar-refractivity contribution is 6.01. The molecule has 2 N–H and O–H groups in total. The fourth-order valence-corrected chi connectivity index (χ4v) is 9.17. The standard InChI is InChI=1S/C28H44N2O/c1-18-7-9-21-19(15-18)8-10-23-22(21)13-14-28(2)24(23)11-12-25(28)27(31)17-30-26-6-4-3-5-20(26)16-29/h16,18-19,21-25H,3-15,17,29H2,1-2H3. The minimum atomic E-state index is 0.229. The van der Waals surface area contributed by atoms with Crippen molar-refractivity contribution in [1.82, 2.24) is 0 Å². The summed E-state index contributed by atoms with van der Waals surface area (Å²) in [6, 6.07) is 0. The number of nitrogens with two attached hydrogens (primary N) is 1. The van der Waals surface area contributed by atoms with Gasteiger partial charge >= 0.3 is 0 Å². The van der Waals surface area contributed by atoms with Gasteiger partial charge in [0.1, 0.15) is 0 Å². The van der Waals surface area contributed by atoms with Gasteiger partial charge in [0.2, 0.25) is 0 Å². The molecule has 5 saturated carbocycles. The van der Waals surface area contributed by atoms with E-state index in [9.17, 15) is 4.79 Å². The van der Waals surface area contributed by atoms with Crippen LogP contribution in [0.1, 0.15) is 97.3 Å². The number of allylic oxidation sites excluding steroid dienone is 1. The summed E-state index contributed by atoms with van der Waals surface area (Å²) in [4.78, 5) is 18.2. The van der Waals surface area contributed by atoms with Gasteiger partial charge in [0, 0.05) is 11.6 Å². The molecule has 0 saturated heterocycles. The van der Waals surface area contributed by atoms with Crippen molar-refractivity contribution in [3.05, 3.63) is 11.8 Å². The minimum absolute atomic E-state index is 0.229. The molecule has 0 heterocycles. The fraction of sp³-hybridized carbons (Fsp3) is 0.857. The van der Waals surface area contributed by atoms with Gasteiger partial charge in [-0.15, -0.1) is 0 Å². The van der Waals surface area contributed by atoms with Crippen molar-refractivity contribution in [2.75, 3.05) is 6.54 Å². The first-order valence-corrected chi connectivity index (χ1v) is 13.5. The van der Waals surface area contributed by atoms with E-state index in [1.54, 1.807) is 6.20 Å². The molecule has 172 valence electrons. The summed E-state index contributed by atoms with van der Waals surface area (Å²) >= 11 is 0. The van der Waals surface area contributed by atoms with Crippen molar-refractivity contribution in [2.24, 2.45) is 57.6 Å². The largest absolute Gasteiger partial charge is 0.404 e. The summed E-state index contributed by atoms with van der Waals surface area (Å²) in [5, 5.41) is 0. The van der Waals surface area contributed by atoms with Crippen molar-refractivity contribution in [3.63, 3.8) is 0 Å². The molecule has 3 nitrogen and oxygen atoms in total. The number of carbonyl (C=O) groups is 1. The third kappa shape index (κ3) is 3.82. The van der Waals surface area contributed by atoms with Crippen LogP contribution < -0.4 is 5.73 Å². The molecule has 0 bridgehead atoms. The topological polar surface area (TPSA) is 55.5 Å². The lowest BCUT2D eigenvalue weighted by Gasteiger charge is -2.56. The fourth-order valence-electron chi connectivity index (χ4n) is 9.17. The maximum absolute atomic E-state index is 13.4. The van der Waals surface area contributed by atoms with Gasteiger partial charge in [0.05, 0.1) is 6.54 Å². The number of fused-ring (bicyclic) bond motifs is 5. The number of hydrogen-bond donors (Lipinski definition) is 1. The monoisotopic (exact) mass is 424 g/mol. The highest BCUT2D eigenvalue weighted by Gasteiger charge is 2.58. The molecule has 0 aliphatic heterocycles. The minimum Gasteiger partial charge on any atom is -0.404 e. The van der Waals surface area contributed by atoms with Crippen LogP contribution in [0.15, 0.2) is 16.8 Å². The third-order valence-corrected chi connectivity index (χ3v) is 10.7. The van der Waals surface area contributed by atoms with E-state index in [1.165, 1.54) is 69.8 Å². The van der Waals surface area contributed by atoms with Gasteiger partial charge in [-0.2, -0.15) is 0 Å². The SMILES string of the molecule is CC1CCC2C(CCC3C2CCC2(C)C(C(=O)CN=C4CCCCC4=CN)CCC32)C1. The van der Waals surface area contributed by atoms with Gasteiger partial charge in [-0.1, -0.05) is 20.3 Å². The Kier molecular flexibility index (Phi) is 6.07. The van der Waals surface area contributed by atoms with Gasteiger partial charge in [0.25, 0.3) is 0 Å². The molecule has 0 radical (unpaired) electrons. The Morgan fingerprint density at radius 3 is 2.68 bits per heavy atom. The summed E-state index contributed by atoms with van der Waals surface area (Å²) in [7, 11) is 0.